The van der Waals surface area contributed by atoms with Crippen molar-refractivity contribution in [3.8, 4) is 6.07 Å². The van der Waals surface area contributed by atoms with E-state index < -0.39 is 11.6 Å². The van der Waals surface area contributed by atoms with Gasteiger partial charge in [0.2, 0.25) is 0 Å². The Morgan fingerprint density at radius 3 is 2.33 bits per heavy atom. The fourth-order valence-electron chi connectivity index (χ4n) is 1.50. The topological polar surface area (TPSA) is 35.8 Å². The van der Waals surface area contributed by atoms with Crippen molar-refractivity contribution in [1.29, 1.82) is 5.26 Å². The molecule has 0 saturated carbocycles. The molecule has 0 spiro atoms. The molecule has 0 fully saturated rings. The van der Waals surface area contributed by atoms with Crippen LogP contribution in [0.2, 0.25) is 5.02 Å². The Kier molecular flexibility index (Phi) is 3.45. The summed E-state index contributed by atoms with van der Waals surface area (Å²) in [6.07, 6.45) is 0. The van der Waals surface area contributed by atoms with Gasteiger partial charge in [0, 0.05) is 16.8 Å². The van der Waals surface area contributed by atoms with Crippen molar-refractivity contribution in [3.05, 3.63) is 58.6 Å². The Morgan fingerprint density at radius 1 is 1.06 bits per heavy atom. The second kappa shape index (κ2) is 5.03. The van der Waals surface area contributed by atoms with Gasteiger partial charge in [0.05, 0.1) is 11.3 Å². The molecule has 18 heavy (non-hydrogen) atoms. The quantitative estimate of drug-likeness (QED) is 0.881. The fraction of sp³-hybridized carbons (Fsp3) is 0. The Hall–Kier alpha value is -2.12. The van der Waals surface area contributed by atoms with Gasteiger partial charge in [-0.15, -0.1) is 0 Å². The molecule has 0 saturated heterocycles. The minimum Gasteiger partial charge on any atom is -0.354 e. The van der Waals surface area contributed by atoms with Crippen LogP contribution in [0.25, 0.3) is 0 Å². The summed E-state index contributed by atoms with van der Waals surface area (Å²) in [5.41, 5.74) is 0.963. The average Bonchev–Trinajstić information content (AvgIpc) is 2.30. The predicted molar refractivity (Wildman–Crippen MR) is 65.8 cm³/mol. The maximum atomic E-state index is 13.0. The number of hydrogen-bond acceptors (Lipinski definition) is 2. The van der Waals surface area contributed by atoms with E-state index in [9.17, 15) is 8.78 Å². The number of benzene rings is 2. The highest BCUT2D eigenvalue weighted by Crippen LogP contribution is 2.24. The van der Waals surface area contributed by atoms with Crippen LogP contribution < -0.4 is 5.32 Å². The molecule has 0 heterocycles. The number of nitrogens with zero attached hydrogens (tertiary/aromatic N) is 1. The molecule has 0 unspecified atom stereocenters. The van der Waals surface area contributed by atoms with Crippen molar-refractivity contribution in [2.45, 2.75) is 0 Å². The Labute approximate surface area is 107 Å². The van der Waals surface area contributed by atoms with Crippen LogP contribution in [0.1, 0.15) is 5.56 Å². The highest BCUT2D eigenvalue weighted by Gasteiger charge is 2.05. The van der Waals surface area contributed by atoms with Crippen LogP contribution in [-0.2, 0) is 0 Å². The first-order valence-corrected chi connectivity index (χ1v) is 5.39. The van der Waals surface area contributed by atoms with Gasteiger partial charge in [-0.3, -0.25) is 0 Å². The van der Waals surface area contributed by atoms with Crippen LogP contribution in [0, 0.1) is 23.0 Å². The van der Waals surface area contributed by atoms with Gasteiger partial charge < -0.3 is 5.32 Å². The van der Waals surface area contributed by atoms with E-state index in [-0.39, 0.29) is 5.69 Å². The summed E-state index contributed by atoms with van der Waals surface area (Å²) in [4.78, 5) is 0. The van der Waals surface area contributed by atoms with E-state index in [1.165, 1.54) is 6.07 Å². The summed E-state index contributed by atoms with van der Waals surface area (Å²) in [6, 6.07) is 9.63. The number of nitriles is 1. The molecule has 0 aliphatic heterocycles. The van der Waals surface area contributed by atoms with Crippen LogP contribution >= 0.6 is 11.6 Å². The highest BCUT2D eigenvalue weighted by molar-refractivity contribution is 6.30. The molecule has 2 aromatic rings. The summed E-state index contributed by atoms with van der Waals surface area (Å²) in [7, 11) is 0. The normalized spacial score (nSPS) is 9.89. The number of nitrogens with one attached hydrogen (secondary N) is 1. The highest BCUT2D eigenvalue weighted by atomic mass is 35.5. The zero-order chi connectivity index (χ0) is 13.1. The van der Waals surface area contributed by atoms with Gasteiger partial charge in [0.15, 0.2) is 0 Å². The summed E-state index contributed by atoms with van der Waals surface area (Å²) in [5.74, 6) is -1.38. The van der Waals surface area contributed by atoms with Crippen molar-refractivity contribution in [1.82, 2.24) is 0 Å². The van der Waals surface area contributed by atoms with Crippen molar-refractivity contribution >= 4 is 23.0 Å². The standard InChI is InChI=1S/C13H7ClF2N2/c14-9-1-2-13(8(3-9)7-17)18-12-5-10(15)4-11(16)6-12/h1-6,18H. The summed E-state index contributed by atoms with van der Waals surface area (Å²) >= 11 is 5.75. The Bertz CT molecular complexity index is 615. The average molecular weight is 265 g/mol. The Morgan fingerprint density at radius 2 is 1.72 bits per heavy atom. The largest absolute Gasteiger partial charge is 0.354 e. The maximum Gasteiger partial charge on any atom is 0.128 e. The van der Waals surface area contributed by atoms with Crippen molar-refractivity contribution in [3.63, 3.8) is 0 Å². The molecule has 0 aliphatic rings. The summed E-state index contributed by atoms with van der Waals surface area (Å²) in [6.45, 7) is 0. The molecule has 90 valence electrons. The van der Waals surface area contributed by atoms with Crippen LogP contribution in [0.4, 0.5) is 20.2 Å². The van der Waals surface area contributed by atoms with Crippen LogP contribution in [0.5, 0.6) is 0 Å². The lowest BCUT2D eigenvalue weighted by Crippen LogP contribution is -1.95. The van der Waals surface area contributed by atoms with Gasteiger partial charge in [0.25, 0.3) is 0 Å². The first-order chi connectivity index (χ1) is 8.58. The van der Waals surface area contributed by atoms with E-state index in [1.54, 1.807) is 12.1 Å². The molecule has 2 aromatic carbocycles. The summed E-state index contributed by atoms with van der Waals surface area (Å²) < 4.78 is 26.0. The molecule has 1 N–H and O–H groups in total. The van der Waals surface area contributed by atoms with E-state index in [1.807, 2.05) is 6.07 Å². The lowest BCUT2D eigenvalue weighted by Gasteiger charge is -2.08. The molecular weight excluding hydrogens is 258 g/mol. The second-order valence-corrected chi connectivity index (χ2v) is 4.02. The number of anilines is 2. The van der Waals surface area contributed by atoms with Crippen LogP contribution in [0.3, 0.4) is 0 Å². The van der Waals surface area contributed by atoms with Gasteiger partial charge in [-0.25, -0.2) is 8.78 Å². The van der Waals surface area contributed by atoms with Gasteiger partial charge in [0.1, 0.15) is 17.7 Å². The molecular formula is C13H7ClF2N2. The predicted octanol–water partition coefficient (Wildman–Crippen LogP) is 4.23. The third kappa shape index (κ3) is 2.76. The third-order valence-corrected chi connectivity index (χ3v) is 2.48. The zero-order valence-electron chi connectivity index (χ0n) is 9.05. The lowest BCUT2D eigenvalue weighted by molar-refractivity contribution is 0.584. The van der Waals surface area contributed by atoms with E-state index in [0.29, 0.717) is 16.3 Å². The molecule has 5 heteroatoms. The number of halogens is 3. The minimum absolute atomic E-state index is 0.228. The monoisotopic (exact) mass is 264 g/mol. The molecule has 0 aromatic heterocycles. The van der Waals surface area contributed by atoms with E-state index in [4.69, 9.17) is 16.9 Å². The lowest BCUT2D eigenvalue weighted by atomic mass is 10.2. The SMILES string of the molecule is N#Cc1cc(Cl)ccc1Nc1cc(F)cc(F)c1. The third-order valence-electron chi connectivity index (χ3n) is 2.24. The smallest absolute Gasteiger partial charge is 0.128 e. The second-order valence-electron chi connectivity index (χ2n) is 3.58. The first-order valence-electron chi connectivity index (χ1n) is 5.01. The van der Waals surface area contributed by atoms with Gasteiger partial charge in [-0.1, -0.05) is 11.6 Å². The zero-order valence-corrected chi connectivity index (χ0v) is 9.80. The molecule has 0 bridgehead atoms. The molecule has 2 rings (SSSR count). The van der Waals surface area contributed by atoms with E-state index in [0.717, 1.165) is 18.2 Å². The molecule has 2 nitrogen and oxygen atoms in total. The minimum atomic E-state index is -0.690. The van der Waals surface area contributed by atoms with Crippen LogP contribution in [-0.4, -0.2) is 0 Å². The summed E-state index contributed by atoms with van der Waals surface area (Å²) in [5, 5.41) is 12.1. The number of rotatable bonds is 2. The van der Waals surface area contributed by atoms with E-state index >= 15 is 0 Å². The molecule has 0 radical (unpaired) electrons. The molecule has 0 aliphatic carbocycles. The van der Waals surface area contributed by atoms with Crippen molar-refractivity contribution < 1.29 is 8.78 Å². The maximum absolute atomic E-state index is 13.0. The molecule has 0 atom stereocenters. The van der Waals surface area contributed by atoms with Gasteiger partial charge in [-0.05, 0) is 30.3 Å². The van der Waals surface area contributed by atoms with Gasteiger partial charge >= 0.3 is 0 Å². The van der Waals surface area contributed by atoms with Gasteiger partial charge in [-0.2, -0.15) is 5.26 Å². The van der Waals surface area contributed by atoms with E-state index in [2.05, 4.69) is 5.32 Å². The van der Waals surface area contributed by atoms with Crippen LogP contribution in [0.15, 0.2) is 36.4 Å². The van der Waals surface area contributed by atoms with Crippen molar-refractivity contribution in [2.75, 3.05) is 5.32 Å². The number of hydrogen-bond donors (Lipinski definition) is 1. The first kappa shape index (κ1) is 12.3. The Balaban J connectivity index is 2.37. The van der Waals surface area contributed by atoms with Crippen molar-refractivity contribution in [2.24, 2.45) is 0 Å². The fourth-order valence-corrected chi connectivity index (χ4v) is 1.67. The molecule has 0 amide bonds.